The van der Waals surface area contributed by atoms with Crippen molar-refractivity contribution in [2.75, 3.05) is 5.32 Å². The predicted octanol–water partition coefficient (Wildman–Crippen LogP) is 3.03. The van der Waals surface area contributed by atoms with Gasteiger partial charge in [0, 0.05) is 23.2 Å². The first-order valence-corrected chi connectivity index (χ1v) is 8.02. The van der Waals surface area contributed by atoms with Gasteiger partial charge in [0.1, 0.15) is 5.82 Å². The Morgan fingerprint density at radius 2 is 2.17 bits per heavy atom. The molecule has 0 aliphatic heterocycles. The molecule has 1 aromatic carbocycles. The number of thiazole rings is 1. The fraction of sp³-hybridized carbons (Fsp3) is 0.188. The van der Waals surface area contributed by atoms with Gasteiger partial charge in [-0.1, -0.05) is 12.1 Å². The molecule has 1 aliphatic rings. The number of halogens is 1. The van der Waals surface area contributed by atoms with Gasteiger partial charge in [-0.05, 0) is 25.0 Å². The average Bonchev–Trinajstić information content (AvgIpc) is 3.10. The maximum absolute atomic E-state index is 13.7. The number of benzene rings is 1. The van der Waals surface area contributed by atoms with Crippen molar-refractivity contribution in [2.24, 2.45) is 7.05 Å². The van der Waals surface area contributed by atoms with Crippen LogP contribution in [0, 0.1) is 5.82 Å². The maximum atomic E-state index is 13.7. The maximum Gasteiger partial charge on any atom is 0.260 e. The number of aryl methyl sites for hydroxylation is 2. The highest BCUT2D eigenvalue weighted by atomic mass is 32.1. The number of carbonyl (C=O) groups is 1. The van der Waals surface area contributed by atoms with Gasteiger partial charge < -0.3 is 0 Å². The van der Waals surface area contributed by atoms with Crippen molar-refractivity contribution < 1.29 is 9.18 Å². The first-order chi connectivity index (χ1) is 11.1. The SMILES string of the molecule is Cn1ncc2c1CCc1sc(NC(=O)c3ccccc3F)nc1-2. The highest BCUT2D eigenvalue weighted by Crippen LogP contribution is 2.37. The van der Waals surface area contributed by atoms with Gasteiger partial charge in [0.25, 0.3) is 5.91 Å². The van der Waals surface area contributed by atoms with Gasteiger partial charge in [-0.2, -0.15) is 5.10 Å². The number of aromatic nitrogens is 3. The van der Waals surface area contributed by atoms with Crippen LogP contribution >= 0.6 is 11.3 Å². The fourth-order valence-electron chi connectivity index (χ4n) is 2.78. The third-order valence-corrected chi connectivity index (χ3v) is 4.97. The number of nitrogens with zero attached hydrogens (tertiary/aromatic N) is 3. The van der Waals surface area contributed by atoms with Crippen molar-refractivity contribution in [3.05, 3.63) is 52.4 Å². The molecule has 2 heterocycles. The van der Waals surface area contributed by atoms with E-state index in [1.807, 2.05) is 11.7 Å². The van der Waals surface area contributed by atoms with Gasteiger partial charge in [-0.25, -0.2) is 9.37 Å². The van der Waals surface area contributed by atoms with E-state index in [2.05, 4.69) is 15.4 Å². The molecule has 0 unspecified atom stereocenters. The van der Waals surface area contributed by atoms with Crippen molar-refractivity contribution in [3.63, 3.8) is 0 Å². The smallest absolute Gasteiger partial charge is 0.260 e. The molecule has 0 saturated carbocycles. The Morgan fingerprint density at radius 1 is 1.35 bits per heavy atom. The Hall–Kier alpha value is -2.54. The molecule has 0 atom stereocenters. The van der Waals surface area contributed by atoms with Gasteiger partial charge >= 0.3 is 0 Å². The van der Waals surface area contributed by atoms with Crippen molar-refractivity contribution >= 4 is 22.4 Å². The molecular weight excluding hydrogens is 315 g/mol. The molecule has 1 aliphatic carbocycles. The number of nitrogens with one attached hydrogen (secondary N) is 1. The first kappa shape index (κ1) is 14.1. The van der Waals surface area contributed by atoms with Gasteiger partial charge in [-0.3, -0.25) is 14.8 Å². The summed E-state index contributed by atoms with van der Waals surface area (Å²) in [5, 5.41) is 7.45. The van der Waals surface area contributed by atoms with Crippen molar-refractivity contribution in [3.8, 4) is 11.3 Å². The Morgan fingerprint density at radius 3 is 3.00 bits per heavy atom. The summed E-state index contributed by atoms with van der Waals surface area (Å²) in [7, 11) is 1.91. The highest BCUT2D eigenvalue weighted by molar-refractivity contribution is 7.16. The molecule has 116 valence electrons. The molecule has 23 heavy (non-hydrogen) atoms. The average molecular weight is 328 g/mol. The number of hydrogen-bond donors (Lipinski definition) is 1. The summed E-state index contributed by atoms with van der Waals surface area (Å²) >= 11 is 1.43. The molecule has 5 nitrogen and oxygen atoms in total. The van der Waals surface area contributed by atoms with E-state index in [0.717, 1.165) is 34.7 Å². The monoisotopic (exact) mass is 328 g/mol. The van der Waals surface area contributed by atoms with Crippen LogP contribution < -0.4 is 5.32 Å². The van der Waals surface area contributed by atoms with E-state index in [0.29, 0.717) is 5.13 Å². The molecule has 1 N–H and O–H groups in total. The molecule has 0 spiro atoms. The van der Waals surface area contributed by atoms with Gasteiger partial charge in [0.2, 0.25) is 0 Å². The van der Waals surface area contributed by atoms with Crippen LogP contribution in [0.25, 0.3) is 11.3 Å². The second-order valence-electron chi connectivity index (χ2n) is 5.35. The molecule has 3 aromatic rings. The molecule has 0 fully saturated rings. The number of fused-ring (bicyclic) bond motifs is 3. The Balaban J connectivity index is 1.65. The summed E-state index contributed by atoms with van der Waals surface area (Å²) in [4.78, 5) is 17.8. The topological polar surface area (TPSA) is 59.8 Å². The zero-order valence-corrected chi connectivity index (χ0v) is 13.2. The van der Waals surface area contributed by atoms with Crippen LogP contribution in [0.5, 0.6) is 0 Å². The first-order valence-electron chi connectivity index (χ1n) is 7.20. The number of rotatable bonds is 2. The third kappa shape index (κ3) is 2.33. The fourth-order valence-corrected chi connectivity index (χ4v) is 3.75. The summed E-state index contributed by atoms with van der Waals surface area (Å²) in [5.41, 5.74) is 3.04. The van der Waals surface area contributed by atoms with E-state index in [9.17, 15) is 9.18 Å². The number of carbonyl (C=O) groups excluding carboxylic acids is 1. The second kappa shape index (κ2) is 5.27. The molecule has 0 bridgehead atoms. The number of anilines is 1. The van der Waals surface area contributed by atoms with Crippen LogP contribution in [0.1, 0.15) is 20.9 Å². The summed E-state index contributed by atoms with van der Waals surface area (Å²) < 4.78 is 15.5. The van der Waals surface area contributed by atoms with E-state index < -0.39 is 11.7 Å². The molecular formula is C16H13FN4OS. The van der Waals surface area contributed by atoms with Crippen LogP contribution in [0.3, 0.4) is 0 Å². The van der Waals surface area contributed by atoms with Crippen LogP contribution in [0.15, 0.2) is 30.5 Å². The van der Waals surface area contributed by atoms with Crippen LogP contribution in [-0.2, 0) is 19.9 Å². The van der Waals surface area contributed by atoms with Crippen LogP contribution in [0.4, 0.5) is 9.52 Å². The van der Waals surface area contributed by atoms with Crippen LogP contribution in [-0.4, -0.2) is 20.7 Å². The quantitative estimate of drug-likeness (QED) is 0.786. The predicted molar refractivity (Wildman–Crippen MR) is 86.1 cm³/mol. The highest BCUT2D eigenvalue weighted by Gasteiger charge is 2.24. The van der Waals surface area contributed by atoms with Crippen molar-refractivity contribution in [2.45, 2.75) is 12.8 Å². The summed E-state index contributed by atoms with van der Waals surface area (Å²) in [6.45, 7) is 0. The minimum absolute atomic E-state index is 0.0164. The number of amides is 1. The Kier molecular flexibility index (Phi) is 3.23. The molecule has 0 saturated heterocycles. The zero-order chi connectivity index (χ0) is 16.0. The minimum Gasteiger partial charge on any atom is -0.298 e. The largest absolute Gasteiger partial charge is 0.298 e. The summed E-state index contributed by atoms with van der Waals surface area (Å²) in [5.74, 6) is -1.03. The van der Waals surface area contributed by atoms with Crippen LogP contribution in [0.2, 0.25) is 0 Å². The van der Waals surface area contributed by atoms with Crippen molar-refractivity contribution in [1.29, 1.82) is 0 Å². The van der Waals surface area contributed by atoms with Gasteiger partial charge in [-0.15, -0.1) is 11.3 Å². The van der Waals surface area contributed by atoms with Gasteiger partial charge in [0.15, 0.2) is 5.13 Å². The molecule has 4 rings (SSSR count). The van der Waals surface area contributed by atoms with Gasteiger partial charge in [0.05, 0.1) is 17.5 Å². The lowest BCUT2D eigenvalue weighted by molar-refractivity contribution is 0.102. The molecule has 2 aromatic heterocycles. The minimum atomic E-state index is -0.541. The lowest BCUT2D eigenvalue weighted by Gasteiger charge is -2.10. The Labute approximate surface area is 135 Å². The summed E-state index contributed by atoms with van der Waals surface area (Å²) in [6, 6.07) is 5.91. The Bertz CT molecular complexity index is 915. The third-order valence-electron chi connectivity index (χ3n) is 3.94. The standard InChI is InChI=1S/C16H13FN4OS/c1-21-12-6-7-13-14(10(12)8-18-21)19-16(23-13)20-15(22)9-4-2-3-5-11(9)17/h2-5,8H,6-7H2,1H3,(H,19,20,22). The van der Waals surface area contributed by atoms with E-state index in [1.54, 1.807) is 18.3 Å². The lowest BCUT2D eigenvalue weighted by Crippen LogP contribution is -2.13. The molecule has 1 amide bonds. The van der Waals surface area contributed by atoms with E-state index >= 15 is 0 Å². The van der Waals surface area contributed by atoms with E-state index in [1.165, 1.54) is 23.5 Å². The van der Waals surface area contributed by atoms with Crippen molar-refractivity contribution in [1.82, 2.24) is 14.8 Å². The molecule has 7 heteroatoms. The lowest BCUT2D eigenvalue weighted by atomic mass is 10.0. The van der Waals surface area contributed by atoms with E-state index in [4.69, 9.17) is 0 Å². The molecule has 0 radical (unpaired) electrons. The zero-order valence-electron chi connectivity index (χ0n) is 12.3. The van der Waals surface area contributed by atoms with E-state index in [-0.39, 0.29) is 5.56 Å². The second-order valence-corrected chi connectivity index (χ2v) is 6.44. The number of hydrogen-bond acceptors (Lipinski definition) is 4. The summed E-state index contributed by atoms with van der Waals surface area (Å²) in [6.07, 6.45) is 3.58. The normalized spacial score (nSPS) is 12.6.